The Bertz CT molecular complexity index is 1090. The Labute approximate surface area is 187 Å². The third kappa shape index (κ3) is 4.28. The molecular weight excluding hydrogens is 404 g/mol. The first-order valence-corrected chi connectivity index (χ1v) is 11.2. The second-order valence-corrected chi connectivity index (χ2v) is 8.51. The molecule has 1 unspecified atom stereocenters. The van der Waals surface area contributed by atoms with Gasteiger partial charge in [-0.1, -0.05) is 17.3 Å². The molecule has 5 rings (SSSR count). The smallest absolute Gasteiger partial charge is 0.273 e. The van der Waals surface area contributed by atoms with Gasteiger partial charge in [0.2, 0.25) is 0 Å². The molecule has 0 radical (unpaired) electrons. The molecule has 1 N–H and O–H groups in total. The fourth-order valence-corrected chi connectivity index (χ4v) is 4.59. The number of carbonyl (C=O) groups is 1. The van der Waals surface area contributed by atoms with Gasteiger partial charge in [0.25, 0.3) is 5.91 Å². The molecule has 0 bridgehead atoms. The molecule has 8 nitrogen and oxygen atoms in total. The zero-order valence-electron chi connectivity index (χ0n) is 18.3. The fraction of sp³-hybridized carbons (Fsp3) is 0.417. The van der Waals surface area contributed by atoms with Gasteiger partial charge in [0, 0.05) is 45.2 Å². The number of ether oxygens (including phenoxy) is 1. The summed E-state index contributed by atoms with van der Waals surface area (Å²) in [5, 5.41) is 11.5. The molecule has 4 heterocycles. The van der Waals surface area contributed by atoms with Crippen LogP contribution in [-0.4, -0.2) is 56.6 Å². The lowest BCUT2D eigenvalue weighted by Crippen LogP contribution is -2.32. The molecule has 2 aliphatic rings. The van der Waals surface area contributed by atoms with Gasteiger partial charge in [-0.3, -0.25) is 14.7 Å². The van der Waals surface area contributed by atoms with Crippen molar-refractivity contribution in [3.8, 4) is 5.69 Å². The molecule has 1 fully saturated rings. The predicted octanol–water partition coefficient (Wildman–Crippen LogP) is 2.44. The number of nitrogens with one attached hydrogen (secondary N) is 1. The molecule has 1 aromatic carbocycles. The van der Waals surface area contributed by atoms with Crippen LogP contribution in [0.4, 0.5) is 0 Å². The van der Waals surface area contributed by atoms with E-state index >= 15 is 0 Å². The van der Waals surface area contributed by atoms with Crippen molar-refractivity contribution < 1.29 is 9.53 Å². The van der Waals surface area contributed by atoms with E-state index in [4.69, 9.17) is 4.74 Å². The minimum atomic E-state index is -0.197. The average molecular weight is 433 g/mol. The highest BCUT2D eigenvalue weighted by Gasteiger charge is 2.24. The Hall–Kier alpha value is -3.10. The van der Waals surface area contributed by atoms with E-state index in [1.54, 1.807) is 4.68 Å². The van der Waals surface area contributed by atoms with Gasteiger partial charge in [-0.2, -0.15) is 0 Å². The summed E-state index contributed by atoms with van der Waals surface area (Å²) in [5.41, 5.74) is 5.97. The molecule has 32 heavy (non-hydrogen) atoms. The van der Waals surface area contributed by atoms with Crippen LogP contribution >= 0.6 is 0 Å². The molecule has 1 amide bonds. The van der Waals surface area contributed by atoms with Crippen molar-refractivity contribution in [2.45, 2.75) is 45.4 Å². The summed E-state index contributed by atoms with van der Waals surface area (Å²) >= 11 is 0. The van der Waals surface area contributed by atoms with Crippen LogP contribution in [0.25, 0.3) is 5.69 Å². The molecular formula is C24H28N6O2. The molecule has 3 aromatic rings. The third-order valence-electron chi connectivity index (χ3n) is 6.33. The molecule has 8 heteroatoms. The lowest BCUT2D eigenvalue weighted by molar-refractivity contribution is 0.0853. The number of hydrogen-bond donors (Lipinski definition) is 1. The van der Waals surface area contributed by atoms with Gasteiger partial charge in [-0.05, 0) is 61.1 Å². The predicted molar refractivity (Wildman–Crippen MR) is 119 cm³/mol. The summed E-state index contributed by atoms with van der Waals surface area (Å²) < 4.78 is 7.39. The lowest BCUT2D eigenvalue weighted by Gasteiger charge is -2.30. The first kappa shape index (κ1) is 20.8. The van der Waals surface area contributed by atoms with E-state index in [1.807, 2.05) is 19.3 Å². The van der Waals surface area contributed by atoms with Crippen LogP contribution in [0.2, 0.25) is 0 Å². The Morgan fingerprint density at radius 2 is 2.12 bits per heavy atom. The van der Waals surface area contributed by atoms with Gasteiger partial charge in [0.05, 0.1) is 17.5 Å². The van der Waals surface area contributed by atoms with Gasteiger partial charge >= 0.3 is 0 Å². The van der Waals surface area contributed by atoms with Crippen LogP contribution in [-0.2, 0) is 24.2 Å². The topological polar surface area (TPSA) is 85.2 Å². The number of pyridine rings is 1. The second-order valence-electron chi connectivity index (χ2n) is 8.51. The summed E-state index contributed by atoms with van der Waals surface area (Å²) in [7, 11) is 0. The van der Waals surface area contributed by atoms with Crippen molar-refractivity contribution in [2.75, 3.05) is 19.7 Å². The quantitative estimate of drug-likeness (QED) is 0.644. The fourth-order valence-electron chi connectivity index (χ4n) is 4.59. The van der Waals surface area contributed by atoms with Gasteiger partial charge in [0.1, 0.15) is 0 Å². The Morgan fingerprint density at radius 3 is 2.94 bits per heavy atom. The van der Waals surface area contributed by atoms with E-state index in [-0.39, 0.29) is 12.0 Å². The second kappa shape index (κ2) is 9.18. The van der Waals surface area contributed by atoms with Crippen molar-refractivity contribution in [1.29, 1.82) is 0 Å². The number of rotatable bonds is 6. The number of aromatic nitrogens is 4. The van der Waals surface area contributed by atoms with E-state index in [0.29, 0.717) is 12.2 Å². The zero-order valence-corrected chi connectivity index (χ0v) is 18.3. The molecule has 1 atom stereocenters. The largest absolute Gasteiger partial charge is 0.376 e. The van der Waals surface area contributed by atoms with Gasteiger partial charge in [-0.15, -0.1) is 5.10 Å². The molecule has 2 aliphatic heterocycles. The number of nitrogens with zero attached hydrogens (tertiary/aromatic N) is 5. The lowest BCUT2D eigenvalue weighted by atomic mass is 9.97. The van der Waals surface area contributed by atoms with E-state index < -0.39 is 0 Å². The standard InChI is InChI=1S/C24H28N6O2/c1-17-23(24(31)26-14-20-5-3-13-32-20)27-28-30(17)22-6-2-4-19-16-29(12-9-21(19)22)15-18-7-10-25-11-8-18/h2,4,6-8,10-11,20H,3,5,9,12-16H2,1H3,(H,26,31). The van der Waals surface area contributed by atoms with Crippen LogP contribution in [0.15, 0.2) is 42.7 Å². The summed E-state index contributed by atoms with van der Waals surface area (Å²) in [6.07, 6.45) is 6.75. The monoisotopic (exact) mass is 432 g/mol. The van der Waals surface area contributed by atoms with Gasteiger partial charge in [0.15, 0.2) is 5.69 Å². The normalized spacial score (nSPS) is 18.5. The van der Waals surface area contributed by atoms with Crippen LogP contribution in [0.3, 0.4) is 0 Å². The SMILES string of the molecule is Cc1c(C(=O)NCC2CCCO2)nnn1-c1cccc2c1CCN(Cc1ccncc1)C2. The number of hydrogen-bond acceptors (Lipinski definition) is 6. The minimum Gasteiger partial charge on any atom is -0.376 e. The van der Waals surface area contributed by atoms with E-state index in [2.05, 4.69) is 55.8 Å². The summed E-state index contributed by atoms with van der Waals surface area (Å²) in [6, 6.07) is 10.4. The molecule has 166 valence electrons. The zero-order chi connectivity index (χ0) is 21.9. The number of benzene rings is 1. The first-order chi connectivity index (χ1) is 15.7. The van der Waals surface area contributed by atoms with Crippen molar-refractivity contribution in [1.82, 2.24) is 30.2 Å². The maximum atomic E-state index is 12.7. The number of fused-ring (bicyclic) bond motifs is 1. The maximum absolute atomic E-state index is 12.7. The highest BCUT2D eigenvalue weighted by Crippen LogP contribution is 2.27. The first-order valence-electron chi connectivity index (χ1n) is 11.2. The third-order valence-corrected chi connectivity index (χ3v) is 6.33. The maximum Gasteiger partial charge on any atom is 0.273 e. The Morgan fingerprint density at radius 1 is 1.25 bits per heavy atom. The average Bonchev–Trinajstić information content (AvgIpc) is 3.47. The number of carbonyl (C=O) groups excluding carboxylic acids is 1. The Kier molecular flexibility index (Phi) is 5.96. The Balaban J connectivity index is 1.32. The summed E-state index contributed by atoms with van der Waals surface area (Å²) in [4.78, 5) is 19.2. The van der Waals surface area contributed by atoms with E-state index in [9.17, 15) is 4.79 Å². The van der Waals surface area contributed by atoms with E-state index in [0.717, 1.165) is 56.9 Å². The minimum absolute atomic E-state index is 0.102. The van der Waals surface area contributed by atoms with Crippen LogP contribution in [0.5, 0.6) is 0 Å². The molecule has 1 saturated heterocycles. The summed E-state index contributed by atoms with van der Waals surface area (Å²) in [6.45, 7) is 5.94. The van der Waals surface area contributed by atoms with Crippen LogP contribution in [0, 0.1) is 6.92 Å². The van der Waals surface area contributed by atoms with Crippen molar-refractivity contribution >= 4 is 5.91 Å². The summed E-state index contributed by atoms with van der Waals surface area (Å²) in [5.74, 6) is -0.197. The van der Waals surface area contributed by atoms with Gasteiger partial charge in [-0.25, -0.2) is 4.68 Å². The molecule has 0 aliphatic carbocycles. The van der Waals surface area contributed by atoms with E-state index in [1.165, 1.54) is 16.7 Å². The highest BCUT2D eigenvalue weighted by molar-refractivity contribution is 5.93. The molecule has 0 saturated carbocycles. The highest BCUT2D eigenvalue weighted by atomic mass is 16.5. The van der Waals surface area contributed by atoms with Crippen molar-refractivity contribution in [3.63, 3.8) is 0 Å². The van der Waals surface area contributed by atoms with Gasteiger partial charge < -0.3 is 10.1 Å². The molecule has 2 aromatic heterocycles. The molecule has 0 spiro atoms. The van der Waals surface area contributed by atoms with Crippen molar-refractivity contribution in [3.05, 3.63) is 70.8 Å². The van der Waals surface area contributed by atoms with Crippen LogP contribution < -0.4 is 5.32 Å². The number of amides is 1. The van der Waals surface area contributed by atoms with Crippen molar-refractivity contribution in [2.24, 2.45) is 0 Å². The van der Waals surface area contributed by atoms with Crippen LogP contribution in [0.1, 0.15) is 45.7 Å².